The second kappa shape index (κ2) is 7.65. The summed E-state index contributed by atoms with van der Waals surface area (Å²) in [6.45, 7) is 3.96. The van der Waals surface area contributed by atoms with Crippen LogP contribution in [-0.2, 0) is 0 Å². The molecule has 3 rings (SSSR count). The molecule has 1 aromatic heterocycles. The fraction of sp³-hybridized carbons (Fsp3) is 0.150. The van der Waals surface area contributed by atoms with E-state index in [1.807, 2.05) is 56.3 Å². The smallest absolute Gasteiger partial charge is 0.274 e. The van der Waals surface area contributed by atoms with Crippen LogP contribution in [0.5, 0.6) is 5.75 Å². The van der Waals surface area contributed by atoms with Gasteiger partial charge in [0.2, 0.25) is 0 Å². The van der Waals surface area contributed by atoms with E-state index >= 15 is 0 Å². The number of aryl methyl sites for hydroxylation is 2. The molecule has 2 aromatic carbocycles. The molecule has 2 N–H and O–H groups in total. The average molecular weight is 348 g/mol. The Hall–Kier alpha value is -3.41. The van der Waals surface area contributed by atoms with Crippen molar-refractivity contribution in [1.29, 1.82) is 0 Å². The lowest BCUT2D eigenvalue weighted by Crippen LogP contribution is -2.15. The summed E-state index contributed by atoms with van der Waals surface area (Å²) < 4.78 is 5.29. The molecule has 26 heavy (non-hydrogen) atoms. The highest BCUT2D eigenvalue weighted by Crippen LogP contribution is 2.25. The van der Waals surface area contributed by atoms with Gasteiger partial charge in [0.1, 0.15) is 23.6 Å². The van der Waals surface area contributed by atoms with Crippen molar-refractivity contribution in [3.8, 4) is 5.75 Å². The molecule has 132 valence electrons. The molecule has 0 aliphatic carbocycles. The number of aromatic nitrogens is 2. The van der Waals surface area contributed by atoms with Crippen molar-refractivity contribution in [1.82, 2.24) is 9.97 Å². The fourth-order valence-corrected chi connectivity index (χ4v) is 2.53. The number of hydrogen-bond donors (Lipinski definition) is 2. The largest absolute Gasteiger partial charge is 0.495 e. The first-order valence-corrected chi connectivity index (χ1v) is 8.17. The standard InChI is InChI=1S/C20H20N4O2/c1-13-5-4-6-15(9-13)23-19-11-17(21-12-22-19)20(25)24-16-10-14(2)7-8-18(16)26-3/h4-12H,1-3H3,(H,24,25)(H,21,22,23). The first kappa shape index (κ1) is 17.4. The summed E-state index contributed by atoms with van der Waals surface area (Å²) in [5, 5.41) is 6.02. The van der Waals surface area contributed by atoms with E-state index in [4.69, 9.17) is 4.74 Å². The molecule has 1 amide bonds. The van der Waals surface area contributed by atoms with Gasteiger partial charge in [-0.2, -0.15) is 0 Å². The highest BCUT2D eigenvalue weighted by Gasteiger charge is 2.12. The average Bonchev–Trinajstić information content (AvgIpc) is 2.62. The molecule has 3 aromatic rings. The second-order valence-electron chi connectivity index (χ2n) is 5.94. The van der Waals surface area contributed by atoms with E-state index in [2.05, 4.69) is 20.6 Å². The van der Waals surface area contributed by atoms with Crippen molar-refractivity contribution in [2.24, 2.45) is 0 Å². The Kier molecular flexibility index (Phi) is 5.12. The van der Waals surface area contributed by atoms with Crippen LogP contribution in [0.25, 0.3) is 0 Å². The van der Waals surface area contributed by atoms with Gasteiger partial charge in [-0.25, -0.2) is 9.97 Å². The molecule has 0 spiro atoms. The van der Waals surface area contributed by atoms with Crippen LogP contribution in [0, 0.1) is 13.8 Å². The molecule has 0 bridgehead atoms. The summed E-state index contributed by atoms with van der Waals surface area (Å²) in [4.78, 5) is 20.8. The Bertz CT molecular complexity index is 941. The zero-order valence-electron chi connectivity index (χ0n) is 14.9. The number of amides is 1. The van der Waals surface area contributed by atoms with Crippen LogP contribution in [0.2, 0.25) is 0 Å². The van der Waals surface area contributed by atoms with Crippen LogP contribution in [0.15, 0.2) is 54.9 Å². The van der Waals surface area contributed by atoms with Gasteiger partial charge >= 0.3 is 0 Å². The van der Waals surface area contributed by atoms with E-state index in [1.54, 1.807) is 13.2 Å². The van der Waals surface area contributed by atoms with E-state index < -0.39 is 0 Å². The Morgan fingerprint density at radius 2 is 1.81 bits per heavy atom. The number of rotatable bonds is 5. The van der Waals surface area contributed by atoms with Gasteiger partial charge in [0.25, 0.3) is 5.91 Å². The maximum atomic E-state index is 12.6. The van der Waals surface area contributed by atoms with Crippen LogP contribution >= 0.6 is 0 Å². The molecule has 1 heterocycles. The van der Waals surface area contributed by atoms with Gasteiger partial charge in [-0.1, -0.05) is 18.2 Å². The Balaban J connectivity index is 1.79. The number of ether oxygens (including phenoxy) is 1. The van der Waals surface area contributed by atoms with Crippen LogP contribution in [0.3, 0.4) is 0 Å². The normalized spacial score (nSPS) is 10.3. The van der Waals surface area contributed by atoms with Gasteiger partial charge in [-0.3, -0.25) is 4.79 Å². The van der Waals surface area contributed by atoms with E-state index in [-0.39, 0.29) is 11.6 Å². The van der Waals surface area contributed by atoms with Crippen molar-refractivity contribution in [3.05, 3.63) is 71.7 Å². The molecule has 0 atom stereocenters. The fourth-order valence-electron chi connectivity index (χ4n) is 2.53. The molecule has 0 aliphatic rings. The van der Waals surface area contributed by atoms with Crippen molar-refractivity contribution < 1.29 is 9.53 Å². The van der Waals surface area contributed by atoms with Gasteiger partial charge < -0.3 is 15.4 Å². The molecule has 0 unspecified atom stereocenters. The van der Waals surface area contributed by atoms with E-state index in [0.717, 1.165) is 16.8 Å². The summed E-state index contributed by atoms with van der Waals surface area (Å²) in [6.07, 6.45) is 1.36. The third-order valence-corrected chi connectivity index (χ3v) is 3.79. The second-order valence-corrected chi connectivity index (χ2v) is 5.94. The minimum atomic E-state index is -0.330. The highest BCUT2D eigenvalue weighted by molar-refractivity contribution is 6.04. The summed E-state index contributed by atoms with van der Waals surface area (Å²) in [7, 11) is 1.56. The highest BCUT2D eigenvalue weighted by atomic mass is 16.5. The number of hydrogen-bond acceptors (Lipinski definition) is 5. The Morgan fingerprint density at radius 3 is 2.58 bits per heavy atom. The molecular weight excluding hydrogens is 328 g/mol. The summed E-state index contributed by atoms with van der Waals surface area (Å²) in [6, 6.07) is 15.1. The number of methoxy groups -OCH3 is 1. The monoisotopic (exact) mass is 348 g/mol. The first-order chi connectivity index (χ1) is 12.5. The Morgan fingerprint density at radius 1 is 1.00 bits per heavy atom. The zero-order chi connectivity index (χ0) is 18.5. The lowest BCUT2D eigenvalue weighted by atomic mass is 10.2. The van der Waals surface area contributed by atoms with Crippen molar-refractivity contribution >= 4 is 23.1 Å². The molecule has 6 heteroatoms. The van der Waals surface area contributed by atoms with Crippen molar-refractivity contribution in [2.45, 2.75) is 13.8 Å². The minimum Gasteiger partial charge on any atom is -0.495 e. The quantitative estimate of drug-likeness (QED) is 0.726. The predicted octanol–water partition coefficient (Wildman–Crippen LogP) is 4.10. The molecule has 0 radical (unpaired) electrons. The van der Waals surface area contributed by atoms with Gasteiger partial charge in [0.05, 0.1) is 12.8 Å². The van der Waals surface area contributed by atoms with Gasteiger partial charge in [0.15, 0.2) is 0 Å². The molecule has 0 aliphatic heterocycles. The number of nitrogens with one attached hydrogen (secondary N) is 2. The van der Waals surface area contributed by atoms with Crippen LogP contribution in [0.4, 0.5) is 17.2 Å². The maximum absolute atomic E-state index is 12.6. The minimum absolute atomic E-state index is 0.263. The number of carbonyl (C=O) groups excluding carboxylic acids is 1. The molecule has 0 saturated heterocycles. The van der Waals surface area contributed by atoms with Gasteiger partial charge in [0, 0.05) is 11.8 Å². The third kappa shape index (κ3) is 4.16. The lowest BCUT2D eigenvalue weighted by Gasteiger charge is -2.11. The van der Waals surface area contributed by atoms with E-state index in [1.165, 1.54) is 6.33 Å². The number of nitrogens with zero attached hydrogens (tertiary/aromatic N) is 2. The van der Waals surface area contributed by atoms with Crippen LogP contribution in [0.1, 0.15) is 21.6 Å². The molecule has 6 nitrogen and oxygen atoms in total. The Labute approximate surface area is 152 Å². The lowest BCUT2D eigenvalue weighted by molar-refractivity contribution is 0.102. The van der Waals surface area contributed by atoms with Crippen LogP contribution < -0.4 is 15.4 Å². The number of anilines is 3. The maximum Gasteiger partial charge on any atom is 0.274 e. The van der Waals surface area contributed by atoms with Gasteiger partial charge in [-0.05, 0) is 49.2 Å². The topological polar surface area (TPSA) is 76.1 Å². The summed E-state index contributed by atoms with van der Waals surface area (Å²) >= 11 is 0. The van der Waals surface area contributed by atoms with E-state index in [0.29, 0.717) is 17.3 Å². The molecule has 0 saturated carbocycles. The number of benzene rings is 2. The molecular formula is C20H20N4O2. The van der Waals surface area contributed by atoms with Crippen molar-refractivity contribution in [3.63, 3.8) is 0 Å². The van der Waals surface area contributed by atoms with Crippen molar-refractivity contribution in [2.75, 3.05) is 17.7 Å². The van der Waals surface area contributed by atoms with Crippen LogP contribution in [-0.4, -0.2) is 23.0 Å². The number of carbonyl (C=O) groups is 1. The summed E-state index contributed by atoms with van der Waals surface area (Å²) in [5.74, 6) is 0.812. The van der Waals surface area contributed by atoms with Gasteiger partial charge in [-0.15, -0.1) is 0 Å². The SMILES string of the molecule is COc1ccc(C)cc1NC(=O)c1cc(Nc2cccc(C)c2)ncn1. The first-order valence-electron chi connectivity index (χ1n) is 8.17. The third-order valence-electron chi connectivity index (χ3n) is 3.79. The summed E-state index contributed by atoms with van der Waals surface area (Å²) in [5.41, 5.74) is 3.91. The zero-order valence-corrected chi connectivity index (χ0v) is 14.9. The predicted molar refractivity (Wildman–Crippen MR) is 102 cm³/mol. The molecule has 0 fully saturated rings. The van der Waals surface area contributed by atoms with E-state index in [9.17, 15) is 4.79 Å².